The van der Waals surface area contributed by atoms with Gasteiger partial charge in [-0.1, -0.05) is 19.8 Å². The molecule has 16 heavy (non-hydrogen) atoms. The fraction of sp³-hybridized carbons (Fsp3) is 0.917. The van der Waals surface area contributed by atoms with Crippen molar-refractivity contribution in [1.82, 2.24) is 0 Å². The van der Waals surface area contributed by atoms with Gasteiger partial charge in [-0.3, -0.25) is 0 Å². The second-order valence-electron chi connectivity index (χ2n) is 4.92. The normalized spacial score (nSPS) is 10.6. The Labute approximate surface area is 99.5 Å². The molecule has 0 radical (unpaired) electrons. The Bertz CT molecular complexity index is 164. The van der Waals surface area contributed by atoms with E-state index in [2.05, 4.69) is 21.1 Å². The minimum Gasteiger partial charge on any atom is -0.550 e. The lowest BCUT2D eigenvalue weighted by Crippen LogP contribution is -2.35. The molecule has 0 unspecified atom stereocenters. The van der Waals surface area contributed by atoms with Crippen LogP contribution in [0.5, 0.6) is 0 Å². The monoisotopic (exact) mass is 233 g/mol. The lowest BCUT2D eigenvalue weighted by Gasteiger charge is -2.22. The molecule has 0 aromatic carbocycles. The third-order valence-electron chi connectivity index (χ3n) is 1.97. The Morgan fingerprint density at radius 1 is 1.19 bits per heavy atom. The first-order valence-electron chi connectivity index (χ1n) is 5.94. The van der Waals surface area contributed by atoms with Crippen LogP contribution in [0.3, 0.4) is 0 Å². The number of aliphatic hydroxyl groups is 1. The van der Waals surface area contributed by atoms with Gasteiger partial charge in [0.15, 0.2) is 0 Å². The molecule has 0 spiro atoms. The van der Waals surface area contributed by atoms with E-state index in [0.717, 1.165) is 36.7 Å². The lowest BCUT2D eigenvalue weighted by atomic mass is 10.2. The van der Waals surface area contributed by atoms with Crippen molar-refractivity contribution in [2.75, 3.05) is 34.3 Å². The first-order valence-corrected chi connectivity index (χ1v) is 5.94. The van der Waals surface area contributed by atoms with Gasteiger partial charge in [0.25, 0.3) is 0 Å². The molecule has 0 heterocycles. The van der Waals surface area contributed by atoms with E-state index in [1.165, 1.54) is 0 Å². The van der Waals surface area contributed by atoms with E-state index in [1.54, 1.807) is 0 Å². The summed E-state index contributed by atoms with van der Waals surface area (Å²) < 4.78 is 0.945. The highest BCUT2D eigenvalue weighted by atomic mass is 16.4. The summed E-state index contributed by atoms with van der Waals surface area (Å²) in [6.45, 7) is 3.40. The summed E-state index contributed by atoms with van der Waals surface area (Å²) in [7, 11) is 6.36. The number of rotatable bonds is 7. The maximum absolute atomic E-state index is 9.76. The number of aliphatic carboxylic acids is 1. The second-order valence-corrected chi connectivity index (χ2v) is 4.92. The van der Waals surface area contributed by atoms with Crippen molar-refractivity contribution in [2.24, 2.45) is 0 Å². The molecule has 0 saturated carbocycles. The maximum Gasteiger partial charge on any atom is 0.0802 e. The summed E-state index contributed by atoms with van der Waals surface area (Å²) in [5, 5.41) is 18.2. The molecule has 4 heteroatoms. The van der Waals surface area contributed by atoms with E-state index in [9.17, 15) is 9.90 Å². The topological polar surface area (TPSA) is 60.4 Å². The highest BCUT2D eigenvalue weighted by Crippen LogP contribution is 1.96. The molecule has 0 aliphatic rings. The molecule has 0 atom stereocenters. The molecule has 0 fully saturated rings. The zero-order valence-electron chi connectivity index (χ0n) is 11.2. The van der Waals surface area contributed by atoms with Gasteiger partial charge in [-0.2, -0.15) is 0 Å². The van der Waals surface area contributed by atoms with Gasteiger partial charge in [0.1, 0.15) is 0 Å². The third kappa shape index (κ3) is 23.3. The van der Waals surface area contributed by atoms with Gasteiger partial charge < -0.3 is 19.5 Å². The van der Waals surface area contributed by atoms with Gasteiger partial charge >= 0.3 is 0 Å². The Morgan fingerprint density at radius 3 is 2.00 bits per heavy atom. The number of carboxylic acids is 1. The maximum atomic E-state index is 9.76. The molecule has 0 aromatic rings. The SMILES string of the molecule is CCCCCC(=O)[O-].C[N+](C)(C)CCCO. The average Bonchev–Trinajstić information content (AvgIpc) is 2.14. The van der Waals surface area contributed by atoms with E-state index in [1.807, 2.05) is 6.92 Å². The van der Waals surface area contributed by atoms with Crippen LogP contribution < -0.4 is 5.11 Å². The number of carbonyl (C=O) groups is 1. The molecular formula is C12H27NO3. The predicted octanol–water partition coefficient (Wildman–Crippen LogP) is 0.392. The fourth-order valence-electron chi connectivity index (χ4n) is 1.06. The number of hydrogen-bond donors (Lipinski definition) is 1. The number of hydrogen-bond acceptors (Lipinski definition) is 3. The van der Waals surface area contributed by atoms with Crippen molar-refractivity contribution in [3.05, 3.63) is 0 Å². The Kier molecular flexibility index (Phi) is 12.1. The lowest BCUT2D eigenvalue weighted by molar-refractivity contribution is -0.870. The van der Waals surface area contributed by atoms with E-state index in [-0.39, 0.29) is 6.42 Å². The summed E-state index contributed by atoms with van der Waals surface area (Å²) >= 11 is 0. The third-order valence-corrected chi connectivity index (χ3v) is 1.97. The molecule has 0 amide bonds. The zero-order chi connectivity index (χ0) is 13.0. The van der Waals surface area contributed by atoms with E-state index >= 15 is 0 Å². The molecule has 0 aliphatic heterocycles. The zero-order valence-corrected chi connectivity index (χ0v) is 11.2. The van der Waals surface area contributed by atoms with Crippen molar-refractivity contribution in [1.29, 1.82) is 0 Å². The summed E-state index contributed by atoms with van der Waals surface area (Å²) in [6.07, 6.45) is 3.94. The summed E-state index contributed by atoms with van der Waals surface area (Å²) in [4.78, 5) is 9.76. The minimum absolute atomic E-state index is 0.216. The number of nitrogens with zero attached hydrogens (tertiary/aromatic N) is 1. The van der Waals surface area contributed by atoms with Crippen molar-refractivity contribution < 1.29 is 19.5 Å². The standard InChI is InChI=1S/C6H16NO.C6H12O2/c1-7(2,3)5-4-6-8;1-2-3-4-5-6(7)8/h8H,4-6H2,1-3H3;2-5H2,1H3,(H,7,8)/q+1;/p-1. The molecular weight excluding hydrogens is 206 g/mol. The van der Waals surface area contributed by atoms with Crippen molar-refractivity contribution in [3.63, 3.8) is 0 Å². The second kappa shape index (κ2) is 10.9. The number of unbranched alkanes of at least 4 members (excludes halogenated alkanes) is 2. The number of aliphatic hydroxyl groups excluding tert-OH is 1. The van der Waals surface area contributed by atoms with Crippen LogP contribution in [-0.4, -0.2) is 49.9 Å². The Morgan fingerprint density at radius 2 is 1.75 bits per heavy atom. The smallest absolute Gasteiger partial charge is 0.0802 e. The van der Waals surface area contributed by atoms with E-state index in [0.29, 0.717) is 6.61 Å². The molecule has 4 nitrogen and oxygen atoms in total. The van der Waals surface area contributed by atoms with Crippen LogP contribution in [0.2, 0.25) is 0 Å². The van der Waals surface area contributed by atoms with Gasteiger partial charge in [0.2, 0.25) is 0 Å². The number of carbonyl (C=O) groups excluding carboxylic acids is 1. The van der Waals surface area contributed by atoms with Crippen LogP contribution in [0.25, 0.3) is 0 Å². The molecule has 0 bridgehead atoms. The number of carboxylic acid groups (broad SMARTS) is 1. The minimum atomic E-state index is -0.932. The van der Waals surface area contributed by atoms with Crippen LogP contribution in [0.4, 0.5) is 0 Å². The van der Waals surface area contributed by atoms with Gasteiger partial charge in [-0.15, -0.1) is 0 Å². The Balaban J connectivity index is 0. The van der Waals surface area contributed by atoms with Gasteiger partial charge in [0, 0.05) is 19.0 Å². The van der Waals surface area contributed by atoms with E-state index < -0.39 is 5.97 Å². The molecule has 0 aliphatic carbocycles. The summed E-state index contributed by atoms with van der Waals surface area (Å²) in [5.74, 6) is -0.932. The largest absolute Gasteiger partial charge is 0.550 e. The van der Waals surface area contributed by atoms with Gasteiger partial charge in [-0.25, -0.2) is 0 Å². The average molecular weight is 233 g/mol. The summed E-state index contributed by atoms with van der Waals surface area (Å²) in [6, 6.07) is 0. The van der Waals surface area contributed by atoms with Crippen LogP contribution in [0.1, 0.15) is 39.0 Å². The number of quaternary nitrogens is 1. The van der Waals surface area contributed by atoms with Crippen LogP contribution in [0.15, 0.2) is 0 Å². The van der Waals surface area contributed by atoms with Crippen LogP contribution in [-0.2, 0) is 4.79 Å². The Hall–Kier alpha value is -0.610. The molecule has 0 saturated heterocycles. The first-order chi connectivity index (χ1) is 7.33. The van der Waals surface area contributed by atoms with Crippen molar-refractivity contribution in [3.8, 4) is 0 Å². The highest BCUT2D eigenvalue weighted by Gasteiger charge is 2.03. The fourth-order valence-corrected chi connectivity index (χ4v) is 1.06. The van der Waals surface area contributed by atoms with Crippen molar-refractivity contribution >= 4 is 5.97 Å². The first kappa shape index (κ1) is 17.8. The van der Waals surface area contributed by atoms with E-state index in [4.69, 9.17) is 5.11 Å². The van der Waals surface area contributed by atoms with Gasteiger partial charge in [0.05, 0.1) is 27.7 Å². The summed E-state index contributed by atoms with van der Waals surface area (Å²) in [5.41, 5.74) is 0. The van der Waals surface area contributed by atoms with Gasteiger partial charge in [-0.05, 0) is 12.8 Å². The molecule has 0 rings (SSSR count). The van der Waals surface area contributed by atoms with Crippen molar-refractivity contribution in [2.45, 2.75) is 39.0 Å². The predicted molar refractivity (Wildman–Crippen MR) is 63.8 cm³/mol. The van der Waals surface area contributed by atoms with Crippen LogP contribution >= 0.6 is 0 Å². The highest BCUT2D eigenvalue weighted by molar-refractivity contribution is 5.63. The van der Waals surface area contributed by atoms with Crippen LogP contribution in [0, 0.1) is 0 Å². The quantitative estimate of drug-likeness (QED) is 0.511. The molecule has 0 aromatic heterocycles. The molecule has 1 N–H and O–H groups in total. The molecule has 98 valence electrons.